The highest BCUT2D eigenvalue weighted by Crippen LogP contribution is 2.39. The van der Waals surface area contributed by atoms with Gasteiger partial charge < -0.3 is 24.1 Å². The van der Waals surface area contributed by atoms with Gasteiger partial charge in [0.05, 0.1) is 6.61 Å². The maximum absolute atomic E-state index is 12.4. The third-order valence-corrected chi connectivity index (χ3v) is 4.31. The highest BCUT2D eigenvalue weighted by molar-refractivity contribution is 6.21. The number of anilines is 1. The Morgan fingerprint density at radius 3 is 2.82 bits per heavy atom. The van der Waals surface area contributed by atoms with Crippen LogP contribution in [0, 0.1) is 0 Å². The quantitative estimate of drug-likeness (QED) is 0.734. The summed E-state index contributed by atoms with van der Waals surface area (Å²) in [6.07, 6.45) is 4.97. The summed E-state index contributed by atoms with van der Waals surface area (Å²) in [6.45, 7) is 3.28. The Balaban J connectivity index is 2.01. The molecule has 1 aliphatic heterocycles. The Kier molecular flexibility index (Phi) is 5.79. The van der Waals surface area contributed by atoms with E-state index in [9.17, 15) is 9.90 Å². The van der Waals surface area contributed by atoms with E-state index in [0.717, 1.165) is 17.7 Å². The number of furan rings is 1. The Bertz CT molecular complexity index is 930. The van der Waals surface area contributed by atoms with E-state index in [0.29, 0.717) is 12.4 Å². The SMILES string of the molecule is CCOC(=O)c1c(N(C)CCN(C)C)oc(C=C2C=Nc3ncccc32)c1O. The molecule has 0 unspecified atom stereocenters. The number of nitrogens with zero attached hydrogens (tertiary/aromatic N) is 4. The van der Waals surface area contributed by atoms with Gasteiger partial charge in [0.2, 0.25) is 5.88 Å². The van der Waals surface area contributed by atoms with Crippen LogP contribution in [0.1, 0.15) is 28.6 Å². The van der Waals surface area contributed by atoms with Crippen LogP contribution in [0.2, 0.25) is 0 Å². The molecule has 0 aliphatic carbocycles. The van der Waals surface area contributed by atoms with Crippen molar-refractivity contribution in [1.82, 2.24) is 9.88 Å². The Labute approximate surface area is 163 Å². The van der Waals surface area contributed by atoms with Gasteiger partial charge in [-0.25, -0.2) is 14.8 Å². The number of allylic oxidation sites excluding steroid dienone is 1. The largest absolute Gasteiger partial charge is 0.504 e. The first-order valence-electron chi connectivity index (χ1n) is 9.02. The molecule has 3 rings (SSSR count). The van der Waals surface area contributed by atoms with Crippen molar-refractivity contribution in [3.63, 3.8) is 0 Å². The number of rotatable bonds is 7. The topological polar surface area (TPSA) is 91.4 Å². The number of aromatic hydroxyl groups is 1. The van der Waals surface area contributed by atoms with Crippen LogP contribution in [0.3, 0.4) is 0 Å². The number of hydrogen-bond acceptors (Lipinski definition) is 8. The molecule has 0 atom stereocenters. The standard InChI is InChI=1S/C20H24N4O4/c1-5-27-20(26)16-17(25)15(28-19(16)24(4)10-9-23(2)3)11-13-12-22-18-14(13)7-6-8-21-18/h6-8,11-12,25H,5,9-10H2,1-4H3. The van der Waals surface area contributed by atoms with E-state index < -0.39 is 5.97 Å². The van der Waals surface area contributed by atoms with Crippen LogP contribution in [-0.4, -0.2) is 68.0 Å². The second-order valence-corrected chi connectivity index (χ2v) is 6.67. The molecule has 8 nitrogen and oxygen atoms in total. The minimum absolute atomic E-state index is 0.0244. The number of hydrogen-bond donors (Lipinski definition) is 1. The van der Waals surface area contributed by atoms with Crippen LogP contribution in [0.25, 0.3) is 11.6 Å². The smallest absolute Gasteiger partial charge is 0.347 e. The normalized spacial score (nSPS) is 14.0. The van der Waals surface area contributed by atoms with E-state index in [1.807, 2.05) is 31.1 Å². The fourth-order valence-corrected chi connectivity index (χ4v) is 2.82. The van der Waals surface area contributed by atoms with Gasteiger partial charge in [0.1, 0.15) is 0 Å². The molecule has 1 aliphatic rings. The van der Waals surface area contributed by atoms with Crippen LogP contribution in [0.5, 0.6) is 5.75 Å². The summed E-state index contributed by atoms with van der Waals surface area (Å²) in [5, 5.41) is 10.7. The molecule has 8 heteroatoms. The van der Waals surface area contributed by atoms with Gasteiger partial charge >= 0.3 is 5.97 Å². The van der Waals surface area contributed by atoms with E-state index in [2.05, 4.69) is 9.98 Å². The van der Waals surface area contributed by atoms with Gasteiger partial charge in [-0.15, -0.1) is 0 Å². The van der Waals surface area contributed by atoms with Gasteiger partial charge in [-0.2, -0.15) is 0 Å². The Morgan fingerprint density at radius 2 is 2.11 bits per heavy atom. The molecule has 3 heterocycles. The molecular weight excluding hydrogens is 360 g/mol. The van der Waals surface area contributed by atoms with Crippen molar-refractivity contribution in [2.45, 2.75) is 6.92 Å². The number of fused-ring (bicyclic) bond motifs is 1. The average Bonchev–Trinajstić information content (AvgIpc) is 3.22. The van der Waals surface area contributed by atoms with Crippen LogP contribution < -0.4 is 4.90 Å². The molecule has 0 spiro atoms. The Hall–Kier alpha value is -3.13. The van der Waals surface area contributed by atoms with Crippen LogP contribution in [0.4, 0.5) is 11.7 Å². The maximum Gasteiger partial charge on any atom is 0.347 e. The molecule has 0 fully saturated rings. The lowest BCUT2D eigenvalue weighted by atomic mass is 10.1. The lowest BCUT2D eigenvalue weighted by molar-refractivity contribution is 0.0523. The molecule has 0 saturated heterocycles. The van der Waals surface area contributed by atoms with Crippen molar-refractivity contribution in [3.05, 3.63) is 35.2 Å². The van der Waals surface area contributed by atoms with E-state index in [4.69, 9.17) is 9.15 Å². The molecule has 2 aromatic heterocycles. The molecule has 2 aromatic rings. The van der Waals surface area contributed by atoms with Gasteiger partial charge in [-0.1, -0.05) is 0 Å². The molecule has 1 N–H and O–H groups in total. The van der Waals surface area contributed by atoms with E-state index in [-0.39, 0.29) is 29.6 Å². The molecule has 28 heavy (non-hydrogen) atoms. The van der Waals surface area contributed by atoms with Gasteiger partial charge in [0, 0.05) is 43.7 Å². The summed E-state index contributed by atoms with van der Waals surface area (Å²) < 4.78 is 11.0. The van der Waals surface area contributed by atoms with Crippen LogP contribution in [-0.2, 0) is 4.74 Å². The first-order chi connectivity index (χ1) is 13.4. The number of likely N-dealkylation sites (N-methyl/N-ethyl adjacent to an activating group) is 2. The van der Waals surface area contributed by atoms with Crippen LogP contribution >= 0.6 is 0 Å². The predicted octanol–water partition coefficient (Wildman–Crippen LogP) is 2.81. The summed E-state index contributed by atoms with van der Waals surface area (Å²) in [4.78, 5) is 24.7. The maximum atomic E-state index is 12.4. The molecule has 0 aromatic carbocycles. The van der Waals surface area contributed by atoms with Crippen molar-refractivity contribution in [2.75, 3.05) is 45.7 Å². The number of aliphatic imine (C=N–C) groups is 1. The van der Waals surface area contributed by atoms with Crippen molar-refractivity contribution in [1.29, 1.82) is 0 Å². The minimum Gasteiger partial charge on any atom is -0.504 e. The number of ether oxygens (including phenoxy) is 1. The van der Waals surface area contributed by atoms with Crippen molar-refractivity contribution < 1.29 is 19.1 Å². The highest BCUT2D eigenvalue weighted by atomic mass is 16.5. The summed E-state index contributed by atoms with van der Waals surface area (Å²) in [5.74, 6) is 0.179. The second kappa shape index (κ2) is 8.26. The first-order valence-corrected chi connectivity index (χ1v) is 9.02. The summed E-state index contributed by atoms with van der Waals surface area (Å²) in [6, 6.07) is 3.70. The molecule has 0 saturated carbocycles. The second-order valence-electron chi connectivity index (χ2n) is 6.67. The zero-order valence-corrected chi connectivity index (χ0v) is 16.5. The third kappa shape index (κ3) is 3.91. The summed E-state index contributed by atoms with van der Waals surface area (Å²) in [7, 11) is 5.72. The van der Waals surface area contributed by atoms with Gasteiger partial charge in [0.25, 0.3) is 0 Å². The first kappa shape index (κ1) is 19.6. The number of carbonyl (C=O) groups excluding carboxylic acids is 1. The summed E-state index contributed by atoms with van der Waals surface area (Å²) in [5.41, 5.74) is 1.60. The molecule has 148 valence electrons. The van der Waals surface area contributed by atoms with Crippen molar-refractivity contribution in [2.24, 2.45) is 4.99 Å². The lowest BCUT2D eigenvalue weighted by Crippen LogP contribution is -2.29. The van der Waals surface area contributed by atoms with E-state index in [1.54, 1.807) is 37.4 Å². The van der Waals surface area contributed by atoms with Crippen molar-refractivity contribution >= 4 is 35.5 Å². The van der Waals surface area contributed by atoms with E-state index >= 15 is 0 Å². The van der Waals surface area contributed by atoms with Gasteiger partial charge in [-0.3, -0.25) is 0 Å². The fraction of sp³-hybridized carbons (Fsp3) is 0.350. The fourth-order valence-electron chi connectivity index (χ4n) is 2.82. The zero-order chi connectivity index (χ0) is 20.3. The summed E-state index contributed by atoms with van der Waals surface area (Å²) >= 11 is 0. The van der Waals surface area contributed by atoms with Gasteiger partial charge in [-0.05, 0) is 39.2 Å². The Morgan fingerprint density at radius 1 is 1.32 bits per heavy atom. The molecule has 0 bridgehead atoms. The molecule has 0 radical (unpaired) electrons. The van der Waals surface area contributed by atoms with Crippen LogP contribution in [0.15, 0.2) is 27.7 Å². The monoisotopic (exact) mass is 384 g/mol. The number of pyridine rings is 1. The minimum atomic E-state index is -0.623. The van der Waals surface area contributed by atoms with Gasteiger partial charge in [0.15, 0.2) is 22.9 Å². The highest BCUT2D eigenvalue weighted by Gasteiger charge is 2.29. The van der Waals surface area contributed by atoms with E-state index in [1.165, 1.54) is 0 Å². The lowest BCUT2D eigenvalue weighted by Gasteiger charge is -2.19. The van der Waals surface area contributed by atoms with Crippen molar-refractivity contribution in [3.8, 4) is 5.75 Å². The molecule has 0 amide bonds. The number of carbonyl (C=O) groups is 1. The zero-order valence-electron chi connectivity index (χ0n) is 16.5. The average molecular weight is 384 g/mol. The predicted molar refractivity (Wildman–Crippen MR) is 108 cm³/mol. The third-order valence-electron chi connectivity index (χ3n) is 4.31. The number of esters is 1. The number of aromatic nitrogens is 1. The molecular formula is C20H24N4O4.